The molecule has 0 unspecified atom stereocenters. The summed E-state index contributed by atoms with van der Waals surface area (Å²) in [5, 5.41) is 10.0. The fourth-order valence-electron chi connectivity index (χ4n) is 0.980. The summed E-state index contributed by atoms with van der Waals surface area (Å²) in [5.74, 6) is -0.0381. The lowest BCUT2D eigenvalue weighted by Gasteiger charge is -2.02. The minimum Gasteiger partial charge on any atom is -0.385 e. The molecule has 7 heteroatoms. The van der Waals surface area contributed by atoms with Crippen LogP contribution < -0.4 is 5.32 Å². The van der Waals surface area contributed by atoms with Crippen LogP contribution in [0, 0.1) is 3.95 Å². The molecule has 0 saturated heterocycles. The van der Waals surface area contributed by atoms with Crippen molar-refractivity contribution in [2.45, 2.75) is 12.8 Å². The predicted octanol–water partition coefficient (Wildman–Crippen LogP) is 0.896. The molecule has 0 spiro atoms. The molecule has 1 aromatic heterocycles. The molecule has 0 fully saturated rings. The number of carbonyl (C=O) groups excluding carboxylic acids is 1. The Morgan fingerprint density at radius 2 is 2.53 bits per heavy atom. The number of nitrogens with one attached hydrogen (secondary N) is 2. The Hall–Kier alpha value is -0.790. The third kappa shape index (κ3) is 5.01. The summed E-state index contributed by atoms with van der Waals surface area (Å²) in [7, 11) is 1.64. The molecule has 1 amide bonds. The number of aromatic nitrogens is 2. The summed E-state index contributed by atoms with van der Waals surface area (Å²) in [6.07, 6.45) is 1.10. The smallest absolute Gasteiger partial charge is 0.226 e. The fourth-order valence-corrected chi connectivity index (χ4v) is 1.91. The van der Waals surface area contributed by atoms with Gasteiger partial charge in [-0.1, -0.05) is 11.3 Å². The van der Waals surface area contributed by atoms with Crippen LogP contribution in [0.5, 0.6) is 0 Å². The molecule has 0 aromatic carbocycles. The van der Waals surface area contributed by atoms with Gasteiger partial charge in [-0.15, -0.1) is 0 Å². The van der Waals surface area contributed by atoms with Crippen molar-refractivity contribution in [1.29, 1.82) is 0 Å². The second-order valence-corrected chi connectivity index (χ2v) is 4.63. The van der Waals surface area contributed by atoms with Gasteiger partial charge in [0.25, 0.3) is 0 Å². The standard InChI is InChI=1S/C8H13N3O2S2/c1-13-4-2-3-9-6(12)5-7-10-11-8(14)15-7/h2-5H2,1H3,(H,9,12)(H,11,14). The van der Waals surface area contributed by atoms with Crippen LogP contribution in [0.3, 0.4) is 0 Å². The van der Waals surface area contributed by atoms with E-state index in [9.17, 15) is 4.79 Å². The first-order chi connectivity index (χ1) is 7.22. The van der Waals surface area contributed by atoms with Crippen molar-refractivity contribution in [3.63, 3.8) is 0 Å². The van der Waals surface area contributed by atoms with E-state index in [4.69, 9.17) is 17.0 Å². The number of rotatable bonds is 6. The minimum absolute atomic E-state index is 0.0381. The van der Waals surface area contributed by atoms with E-state index in [0.717, 1.165) is 6.42 Å². The lowest BCUT2D eigenvalue weighted by Crippen LogP contribution is -2.26. The van der Waals surface area contributed by atoms with E-state index in [0.29, 0.717) is 22.1 Å². The molecular weight excluding hydrogens is 234 g/mol. The lowest BCUT2D eigenvalue weighted by atomic mass is 10.4. The van der Waals surface area contributed by atoms with E-state index in [1.165, 1.54) is 11.3 Å². The predicted molar refractivity (Wildman–Crippen MR) is 60.5 cm³/mol. The average molecular weight is 247 g/mol. The van der Waals surface area contributed by atoms with Crippen molar-refractivity contribution in [3.05, 3.63) is 8.96 Å². The van der Waals surface area contributed by atoms with Crippen molar-refractivity contribution in [1.82, 2.24) is 15.5 Å². The molecule has 0 atom stereocenters. The van der Waals surface area contributed by atoms with E-state index in [2.05, 4.69) is 15.5 Å². The van der Waals surface area contributed by atoms with Gasteiger partial charge in [0.05, 0.1) is 6.42 Å². The highest BCUT2D eigenvalue weighted by molar-refractivity contribution is 7.73. The lowest BCUT2D eigenvalue weighted by molar-refractivity contribution is -0.120. The van der Waals surface area contributed by atoms with E-state index in [1.807, 2.05) is 0 Å². The monoisotopic (exact) mass is 247 g/mol. The van der Waals surface area contributed by atoms with E-state index in [-0.39, 0.29) is 12.3 Å². The van der Waals surface area contributed by atoms with Gasteiger partial charge in [0.1, 0.15) is 5.01 Å². The third-order valence-corrected chi connectivity index (χ3v) is 2.73. The van der Waals surface area contributed by atoms with Crippen molar-refractivity contribution in [2.75, 3.05) is 20.3 Å². The first-order valence-corrected chi connectivity index (χ1v) is 5.75. The third-order valence-electron chi connectivity index (χ3n) is 1.64. The molecular formula is C8H13N3O2S2. The minimum atomic E-state index is -0.0381. The van der Waals surface area contributed by atoms with Crippen LogP contribution in [-0.2, 0) is 16.0 Å². The first-order valence-electron chi connectivity index (χ1n) is 4.52. The van der Waals surface area contributed by atoms with E-state index in [1.54, 1.807) is 7.11 Å². The number of hydrogen-bond donors (Lipinski definition) is 2. The molecule has 0 aliphatic carbocycles. The number of aromatic amines is 1. The first kappa shape index (κ1) is 12.3. The Morgan fingerprint density at radius 3 is 3.13 bits per heavy atom. The maximum atomic E-state index is 11.4. The van der Waals surface area contributed by atoms with Gasteiger partial charge in [-0.2, -0.15) is 5.10 Å². The van der Waals surface area contributed by atoms with Crippen molar-refractivity contribution in [3.8, 4) is 0 Å². The van der Waals surface area contributed by atoms with Gasteiger partial charge < -0.3 is 10.1 Å². The topological polar surface area (TPSA) is 67.0 Å². The van der Waals surface area contributed by atoms with Crippen LogP contribution in [0.1, 0.15) is 11.4 Å². The van der Waals surface area contributed by atoms with E-state index >= 15 is 0 Å². The Kier molecular flexibility index (Phi) is 5.44. The number of methoxy groups -OCH3 is 1. The highest BCUT2D eigenvalue weighted by Gasteiger charge is 2.05. The van der Waals surface area contributed by atoms with Gasteiger partial charge in [0.15, 0.2) is 3.95 Å². The summed E-state index contributed by atoms with van der Waals surface area (Å²) < 4.78 is 5.46. The molecule has 84 valence electrons. The molecule has 1 heterocycles. The molecule has 0 bridgehead atoms. The van der Waals surface area contributed by atoms with Gasteiger partial charge >= 0.3 is 0 Å². The molecule has 0 radical (unpaired) electrons. The number of carbonyl (C=O) groups is 1. The zero-order valence-electron chi connectivity index (χ0n) is 8.41. The Balaban J connectivity index is 2.21. The van der Waals surface area contributed by atoms with Crippen LogP contribution in [0.15, 0.2) is 0 Å². The van der Waals surface area contributed by atoms with Gasteiger partial charge in [-0.3, -0.25) is 9.89 Å². The number of ether oxygens (including phenoxy) is 1. The van der Waals surface area contributed by atoms with Crippen LogP contribution in [0.4, 0.5) is 0 Å². The zero-order chi connectivity index (χ0) is 11.1. The second-order valence-electron chi connectivity index (χ2n) is 2.88. The van der Waals surface area contributed by atoms with Crippen molar-refractivity contribution in [2.24, 2.45) is 0 Å². The molecule has 0 aliphatic rings. The molecule has 1 aromatic rings. The number of nitrogens with zero attached hydrogens (tertiary/aromatic N) is 1. The Morgan fingerprint density at radius 1 is 1.73 bits per heavy atom. The molecule has 2 N–H and O–H groups in total. The van der Waals surface area contributed by atoms with Crippen molar-refractivity contribution >= 4 is 29.5 Å². The molecule has 5 nitrogen and oxygen atoms in total. The van der Waals surface area contributed by atoms with Gasteiger partial charge in [0.2, 0.25) is 5.91 Å². The van der Waals surface area contributed by atoms with Gasteiger partial charge in [-0.05, 0) is 18.6 Å². The highest BCUT2D eigenvalue weighted by Crippen LogP contribution is 2.04. The zero-order valence-corrected chi connectivity index (χ0v) is 10.0. The number of amides is 1. The summed E-state index contributed by atoms with van der Waals surface area (Å²) in [5.41, 5.74) is 0. The number of H-pyrrole nitrogens is 1. The Labute approximate surface area is 96.9 Å². The van der Waals surface area contributed by atoms with Crippen molar-refractivity contribution < 1.29 is 9.53 Å². The highest BCUT2D eigenvalue weighted by atomic mass is 32.1. The number of hydrogen-bond acceptors (Lipinski definition) is 5. The molecule has 1 rings (SSSR count). The summed E-state index contributed by atoms with van der Waals surface area (Å²) in [6.45, 7) is 1.28. The molecule has 0 aliphatic heterocycles. The Bertz CT molecular complexity index is 361. The SMILES string of the molecule is COCCCNC(=O)Cc1n[nH]c(=S)s1. The van der Waals surface area contributed by atoms with Crippen LogP contribution >= 0.6 is 23.6 Å². The van der Waals surface area contributed by atoms with E-state index < -0.39 is 0 Å². The maximum absolute atomic E-state index is 11.4. The maximum Gasteiger partial charge on any atom is 0.226 e. The summed E-state index contributed by atoms with van der Waals surface area (Å²) >= 11 is 6.18. The summed E-state index contributed by atoms with van der Waals surface area (Å²) in [6, 6.07) is 0. The fraction of sp³-hybridized carbons (Fsp3) is 0.625. The molecule has 15 heavy (non-hydrogen) atoms. The van der Waals surface area contributed by atoms with Crippen LogP contribution in [0.25, 0.3) is 0 Å². The average Bonchev–Trinajstić information content (AvgIpc) is 2.59. The van der Waals surface area contributed by atoms with Crippen LogP contribution in [0.2, 0.25) is 0 Å². The normalized spacial score (nSPS) is 10.2. The second kappa shape index (κ2) is 6.65. The van der Waals surface area contributed by atoms with Crippen LogP contribution in [-0.4, -0.2) is 36.4 Å². The summed E-state index contributed by atoms with van der Waals surface area (Å²) in [4.78, 5) is 11.4. The van der Waals surface area contributed by atoms with Gasteiger partial charge in [-0.25, -0.2) is 0 Å². The largest absolute Gasteiger partial charge is 0.385 e. The molecule has 0 saturated carbocycles. The van der Waals surface area contributed by atoms with Gasteiger partial charge in [0, 0.05) is 20.3 Å². The quantitative estimate of drug-likeness (QED) is 0.579.